The molecule has 0 heterocycles. The van der Waals surface area contributed by atoms with E-state index in [0.29, 0.717) is 0 Å². The Balaban J connectivity index is 0.00000384. The van der Waals surface area contributed by atoms with Crippen LogP contribution in [-0.2, 0) is 19.2 Å². The van der Waals surface area contributed by atoms with Gasteiger partial charge in [0, 0.05) is 0 Å². The zero-order chi connectivity index (χ0) is 31.7. The van der Waals surface area contributed by atoms with Crippen molar-refractivity contribution in [3.63, 3.8) is 0 Å². The SMILES string of the molecule is CCCCCCP(CCCCCC)C1=Cc2ccccc2[CH]1[Ti+2][CH]1C(P(CCCCCC)CCCCCC)=Cc2ccccc21.[Cl-].[Cl-]. The van der Waals surface area contributed by atoms with Crippen LogP contribution < -0.4 is 24.8 Å². The Labute approximate surface area is 314 Å². The van der Waals surface area contributed by atoms with Gasteiger partial charge < -0.3 is 24.8 Å². The Morgan fingerprint density at radius 2 is 0.766 bits per heavy atom. The summed E-state index contributed by atoms with van der Waals surface area (Å²) in [6.45, 7) is 9.44. The number of unbranched alkanes of at least 4 members (excludes halogenated alkanes) is 12. The van der Waals surface area contributed by atoms with Gasteiger partial charge in [-0.1, -0.05) is 0 Å². The molecule has 0 bridgehead atoms. The maximum Gasteiger partial charge on any atom is -1.00 e. The maximum atomic E-state index is 2.73. The van der Waals surface area contributed by atoms with Crippen LogP contribution in [0.5, 0.6) is 0 Å². The molecule has 0 fully saturated rings. The molecule has 47 heavy (non-hydrogen) atoms. The summed E-state index contributed by atoms with van der Waals surface area (Å²) in [5, 5.41) is 3.83. The summed E-state index contributed by atoms with van der Waals surface area (Å²) in [7, 11) is -0.0938. The largest absolute Gasteiger partial charge is 1.00 e. The van der Waals surface area contributed by atoms with Crippen LogP contribution in [-0.4, -0.2) is 24.6 Å². The number of rotatable bonds is 24. The van der Waals surface area contributed by atoms with Crippen molar-refractivity contribution >= 4 is 28.0 Å². The van der Waals surface area contributed by atoms with E-state index in [2.05, 4.69) is 88.4 Å². The van der Waals surface area contributed by atoms with Crippen LogP contribution in [0.25, 0.3) is 12.2 Å². The van der Waals surface area contributed by atoms with Gasteiger partial charge >= 0.3 is 292 Å². The quantitative estimate of drug-likeness (QED) is 0.0574. The van der Waals surface area contributed by atoms with E-state index in [1.807, 2.05) is 10.6 Å². The Bertz CT molecular complexity index is 1080. The average Bonchev–Trinajstić information content (AvgIpc) is 3.62. The molecule has 2 unspecified atom stereocenters. The predicted molar refractivity (Wildman–Crippen MR) is 204 cm³/mol. The smallest absolute Gasteiger partial charge is 1.00 e. The minimum Gasteiger partial charge on any atom is -1.00 e. The van der Waals surface area contributed by atoms with Gasteiger partial charge in [-0.25, -0.2) is 0 Å². The first-order valence-electron chi connectivity index (χ1n) is 19.1. The fourth-order valence-electron chi connectivity index (χ4n) is 7.34. The van der Waals surface area contributed by atoms with Gasteiger partial charge in [-0.3, -0.25) is 0 Å². The van der Waals surface area contributed by atoms with E-state index < -0.39 is 0 Å². The third kappa shape index (κ3) is 13.3. The van der Waals surface area contributed by atoms with Gasteiger partial charge in [-0.2, -0.15) is 0 Å². The summed E-state index contributed by atoms with van der Waals surface area (Å²) in [6, 6.07) is 19.2. The molecule has 4 rings (SSSR count). The standard InChI is InChI=1S/2C21H32P.2ClH.Ti/c2*1-3-5-7-11-15-22(16-12-8-6-4-2)21-17-19-13-9-10-14-20(19)18-21;;;/h2*9-10,13-14,17-18H,3-8,11-12,15-16H2,1-2H3;2*1H;/q;;;;+2/p-2. The van der Waals surface area contributed by atoms with Gasteiger partial charge in [-0.15, -0.1) is 0 Å². The second kappa shape index (κ2) is 25.1. The Morgan fingerprint density at radius 3 is 1.09 bits per heavy atom. The number of halogens is 2. The van der Waals surface area contributed by atoms with Gasteiger partial charge in [0.25, 0.3) is 0 Å². The zero-order valence-electron chi connectivity index (χ0n) is 30.2. The molecule has 260 valence electrons. The molecule has 0 N–H and O–H groups in total. The van der Waals surface area contributed by atoms with E-state index in [4.69, 9.17) is 0 Å². The second-order valence-corrected chi connectivity index (χ2v) is 21.0. The topological polar surface area (TPSA) is 0 Å². The molecule has 2 aliphatic carbocycles. The summed E-state index contributed by atoms with van der Waals surface area (Å²) < 4.78 is 1.45. The minimum absolute atomic E-state index is 0. The molecular weight excluding hydrogens is 685 g/mol. The molecular formula is C42H64Cl2P2Ti. The van der Waals surface area contributed by atoms with E-state index in [0.717, 1.165) is 8.45 Å². The molecule has 2 aromatic carbocycles. The molecule has 0 saturated heterocycles. The third-order valence-corrected chi connectivity index (χ3v) is 19.4. The fraction of sp³-hybridized carbons (Fsp3) is 0.619. The molecule has 5 heteroatoms. The van der Waals surface area contributed by atoms with Crippen molar-refractivity contribution in [3.8, 4) is 0 Å². The average molecular weight is 750 g/mol. The summed E-state index contributed by atoms with van der Waals surface area (Å²) in [4.78, 5) is 0. The minimum atomic E-state index is -0.293. The first-order chi connectivity index (χ1) is 22.2. The predicted octanol–water partition coefficient (Wildman–Crippen LogP) is 8.55. The molecule has 0 radical (unpaired) electrons. The van der Waals surface area contributed by atoms with Crippen molar-refractivity contribution in [2.75, 3.05) is 24.6 Å². The van der Waals surface area contributed by atoms with Crippen molar-refractivity contribution in [1.29, 1.82) is 0 Å². The molecule has 0 aromatic heterocycles. The first-order valence-corrected chi connectivity index (χ1v) is 24.3. The van der Waals surface area contributed by atoms with Crippen molar-refractivity contribution in [3.05, 3.63) is 81.4 Å². The summed E-state index contributed by atoms with van der Waals surface area (Å²) in [5.74, 6) is 0. The van der Waals surface area contributed by atoms with Crippen LogP contribution in [0.3, 0.4) is 0 Å². The van der Waals surface area contributed by atoms with E-state index in [1.165, 1.54) is 127 Å². The van der Waals surface area contributed by atoms with Crippen LogP contribution in [0.4, 0.5) is 0 Å². The van der Waals surface area contributed by atoms with Crippen LogP contribution in [0, 0.1) is 0 Å². The van der Waals surface area contributed by atoms with Gasteiger partial charge in [0.05, 0.1) is 0 Å². The van der Waals surface area contributed by atoms with Crippen molar-refractivity contribution < 1.29 is 44.0 Å². The van der Waals surface area contributed by atoms with Gasteiger partial charge in [0.2, 0.25) is 0 Å². The number of allylic oxidation sites excluding steroid dienone is 2. The van der Waals surface area contributed by atoms with Crippen LogP contribution in [0.1, 0.15) is 161 Å². The fourth-order valence-corrected chi connectivity index (χ4v) is 17.9. The summed E-state index contributed by atoms with van der Waals surface area (Å²) >= 11 is -0.293. The monoisotopic (exact) mass is 748 g/mol. The van der Waals surface area contributed by atoms with Gasteiger partial charge in [0.15, 0.2) is 0 Å². The molecule has 0 spiro atoms. The molecule has 0 amide bonds. The number of hydrogen-bond acceptors (Lipinski definition) is 0. The van der Waals surface area contributed by atoms with E-state index >= 15 is 0 Å². The van der Waals surface area contributed by atoms with Crippen LogP contribution in [0.15, 0.2) is 59.2 Å². The van der Waals surface area contributed by atoms with Gasteiger partial charge in [0.1, 0.15) is 0 Å². The molecule has 0 aliphatic heterocycles. The first kappa shape index (κ1) is 43.2. The summed E-state index contributed by atoms with van der Waals surface area (Å²) in [6.07, 6.45) is 33.8. The zero-order valence-corrected chi connectivity index (χ0v) is 35.1. The maximum absolute atomic E-state index is 2.73. The third-order valence-electron chi connectivity index (χ3n) is 10.0. The van der Waals surface area contributed by atoms with Gasteiger partial charge in [-0.05, 0) is 0 Å². The van der Waals surface area contributed by atoms with Crippen molar-refractivity contribution in [1.82, 2.24) is 0 Å². The number of fused-ring (bicyclic) bond motifs is 2. The van der Waals surface area contributed by atoms with Crippen LogP contribution in [0.2, 0.25) is 0 Å². The summed E-state index contributed by atoms with van der Waals surface area (Å²) in [5.41, 5.74) is 6.52. The Kier molecular flexibility index (Phi) is 23.1. The molecule has 0 nitrogen and oxygen atoms in total. The number of benzene rings is 2. The molecule has 2 aliphatic rings. The van der Waals surface area contributed by atoms with Crippen molar-refractivity contribution in [2.24, 2.45) is 0 Å². The number of hydrogen-bond donors (Lipinski definition) is 0. The second-order valence-electron chi connectivity index (χ2n) is 13.6. The van der Waals surface area contributed by atoms with E-state index in [1.54, 1.807) is 22.3 Å². The Hall–Kier alpha value is 0.0743. The normalized spacial score (nSPS) is 16.3. The van der Waals surface area contributed by atoms with E-state index in [-0.39, 0.29) is 59.8 Å². The molecule has 2 aromatic rings. The molecule has 2 atom stereocenters. The molecule has 0 saturated carbocycles. The van der Waals surface area contributed by atoms with Crippen molar-refractivity contribution in [2.45, 2.75) is 139 Å². The van der Waals surface area contributed by atoms with E-state index in [9.17, 15) is 0 Å². The Morgan fingerprint density at radius 1 is 0.447 bits per heavy atom. The van der Waals surface area contributed by atoms with Crippen LogP contribution >= 0.6 is 15.8 Å².